The Kier molecular flexibility index (Phi) is 7.00. The van der Waals surface area contributed by atoms with E-state index >= 15 is 0 Å². The SMILES string of the molecule is CCOc1c(Cl)cc(C(=O)N(CC)C[C@@H](C)C#N)cc1OC. The zero-order chi connectivity index (χ0) is 16.7. The number of carbonyl (C=O) groups is 1. The van der Waals surface area contributed by atoms with Gasteiger partial charge in [0.2, 0.25) is 0 Å². The maximum atomic E-state index is 12.6. The molecule has 0 spiro atoms. The van der Waals surface area contributed by atoms with Gasteiger partial charge in [0.05, 0.1) is 30.7 Å². The molecule has 0 heterocycles. The van der Waals surface area contributed by atoms with Gasteiger partial charge < -0.3 is 14.4 Å². The molecular weight excluding hydrogens is 304 g/mol. The molecule has 0 radical (unpaired) electrons. The molecule has 0 saturated heterocycles. The van der Waals surface area contributed by atoms with Gasteiger partial charge >= 0.3 is 0 Å². The summed E-state index contributed by atoms with van der Waals surface area (Å²) in [6, 6.07) is 5.31. The molecule has 0 saturated carbocycles. The molecule has 0 aliphatic heterocycles. The monoisotopic (exact) mass is 324 g/mol. The Hall–Kier alpha value is -1.93. The fraction of sp³-hybridized carbons (Fsp3) is 0.500. The van der Waals surface area contributed by atoms with Gasteiger partial charge in [-0.05, 0) is 32.9 Å². The highest BCUT2D eigenvalue weighted by atomic mass is 35.5. The first-order valence-electron chi connectivity index (χ1n) is 7.17. The number of amides is 1. The molecule has 6 heteroatoms. The van der Waals surface area contributed by atoms with Crippen LogP contribution >= 0.6 is 11.6 Å². The highest BCUT2D eigenvalue weighted by Crippen LogP contribution is 2.36. The van der Waals surface area contributed by atoms with Crippen molar-refractivity contribution >= 4 is 17.5 Å². The smallest absolute Gasteiger partial charge is 0.254 e. The lowest BCUT2D eigenvalue weighted by atomic mass is 10.1. The zero-order valence-corrected chi connectivity index (χ0v) is 14.1. The summed E-state index contributed by atoms with van der Waals surface area (Å²) < 4.78 is 10.7. The molecule has 1 atom stereocenters. The summed E-state index contributed by atoms with van der Waals surface area (Å²) >= 11 is 6.19. The predicted molar refractivity (Wildman–Crippen MR) is 85.5 cm³/mol. The van der Waals surface area contributed by atoms with E-state index in [0.29, 0.717) is 41.8 Å². The molecule has 22 heavy (non-hydrogen) atoms. The molecule has 0 aliphatic rings. The highest BCUT2D eigenvalue weighted by Gasteiger charge is 2.20. The van der Waals surface area contributed by atoms with Crippen molar-refractivity contribution < 1.29 is 14.3 Å². The van der Waals surface area contributed by atoms with Crippen LogP contribution in [0.1, 0.15) is 31.1 Å². The van der Waals surface area contributed by atoms with Gasteiger partial charge in [0.25, 0.3) is 5.91 Å². The molecule has 0 unspecified atom stereocenters. The van der Waals surface area contributed by atoms with E-state index in [9.17, 15) is 4.79 Å². The first-order valence-corrected chi connectivity index (χ1v) is 7.55. The Morgan fingerprint density at radius 3 is 2.64 bits per heavy atom. The van der Waals surface area contributed by atoms with Crippen LogP contribution in [0.25, 0.3) is 0 Å². The number of benzene rings is 1. The number of carbonyl (C=O) groups excluding carboxylic acids is 1. The normalized spacial score (nSPS) is 11.5. The lowest BCUT2D eigenvalue weighted by Gasteiger charge is -2.22. The van der Waals surface area contributed by atoms with Crippen LogP contribution in [-0.2, 0) is 0 Å². The van der Waals surface area contributed by atoms with E-state index < -0.39 is 0 Å². The quantitative estimate of drug-likeness (QED) is 0.771. The van der Waals surface area contributed by atoms with Crippen LogP contribution in [0.15, 0.2) is 12.1 Å². The maximum absolute atomic E-state index is 12.6. The van der Waals surface area contributed by atoms with Crippen LogP contribution in [0, 0.1) is 17.2 Å². The molecule has 0 bridgehead atoms. The lowest BCUT2D eigenvalue weighted by molar-refractivity contribution is 0.0752. The molecule has 1 aromatic carbocycles. The van der Waals surface area contributed by atoms with Crippen LogP contribution < -0.4 is 9.47 Å². The third kappa shape index (κ3) is 4.28. The summed E-state index contributed by atoms with van der Waals surface area (Å²) in [5.74, 6) is 0.426. The fourth-order valence-electron chi connectivity index (χ4n) is 2.04. The van der Waals surface area contributed by atoms with Crippen molar-refractivity contribution in [1.82, 2.24) is 4.90 Å². The molecule has 1 amide bonds. The molecule has 0 aromatic heterocycles. The third-order valence-electron chi connectivity index (χ3n) is 3.15. The first-order chi connectivity index (χ1) is 10.5. The maximum Gasteiger partial charge on any atom is 0.254 e. The predicted octanol–water partition coefficient (Wildman–Crippen LogP) is 3.37. The number of nitriles is 1. The number of nitrogens with zero attached hydrogens (tertiary/aromatic N) is 2. The van der Waals surface area contributed by atoms with Gasteiger partial charge in [-0.15, -0.1) is 0 Å². The minimum Gasteiger partial charge on any atom is -0.493 e. The molecule has 120 valence electrons. The van der Waals surface area contributed by atoms with Crippen LogP contribution in [0.3, 0.4) is 0 Å². The van der Waals surface area contributed by atoms with Crippen molar-refractivity contribution in [2.45, 2.75) is 20.8 Å². The van der Waals surface area contributed by atoms with E-state index in [2.05, 4.69) is 6.07 Å². The first kappa shape index (κ1) is 18.1. The Bertz CT molecular complexity index is 569. The second-order valence-electron chi connectivity index (χ2n) is 4.80. The Morgan fingerprint density at radius 1 is 1.45 bits per heavy atom. The molecule has 0 fully saturated rings. The number of methoxy groups -OCH3 is 1. The van der Waals surface area contributed by atoms with Crippen LogP contribution in [0.4, 0.5) is 0 Å². The average molecular weight is 325 g/mol. The van der Waals surface area contributed by atoms with Crippen molar-refractivity contribution in [1.29, 1.82) is 5.26 Å². The number of rotatable bonds is 7. The topological polar surface area (TPSA) is 62.6 Å². The van der Waals surface area contributed by atoms with Gasteiger partial charge in [0.15, 0.2) is 11.5 Å². The molecular formula is C16H21ClN2O3. The molecule has 1 aromatic rings. The molecule has 1 rings (SSSR count). The number of halogens is 1. The van der Waals surface area contributed by atoms with Crippen molar-refractivity contribution in [2.75, 3.05) is 26.8 Å². The van der Waals surface area contributed by atoms with Crippen LogP contribution in [-0.4, -0.2) is 37.6 Å². The Labute approximate surface area is 136 Å². The summed E-state index contributed by atoms with van der Waals surface area (Å²) in [6.07, 6.45) is 0. The van der Waals surface area contributed by atoms with E-state index in [-0.39, 0.29) is 11.8 Å². The summed E-state index contributed by atoms with van der Waals surface area (Å²) in [5.41, 5.74) is 0.414. The van der Waals surface area contributed by atoms with E-state index in [0.717, 1.165) is 0 Å². The minimum absolute atomic E-state index is 0.187. The second kappa shape index (κ2) is 8.50. The van der Waals surface area contributed by atoms with Crippen LogP contribution in [0.2, 0.25) is 5.02 Å². The number of hydrogen-bond donors (Lipinski definition) is 0. The van der Waals surface area contributed by atoms with Crippen molar-refractivity contribution in [2.24, 2.45) is 5.92 Å². The van der Waals surface area contributed by atoms with Gasteiger partial charge in [-0.2, -0.15) is 5.26 Å². The van der Waals surface area contributed by atoms with E-state index in [1.165, 1.54) is 7.11 Å². The minimum atomic E-state index is -0.232. The van der Waals surface area contributed by atoms with Gasteiger partial charge in [-0.1, -0.05) is 11.6 Å². The summed E-state index contributed by atoms with van der Waals surface area (Å²) in [6.45, 7) is 6.83. The number of ether oxygens (including phenoxy) is 2. The molecule has 0 N–H and O–H groups in total. The zero-order valence-electron chi connectivity index (χ0n) is 13.4. The summed E-state index contributed by atoms with van der Waals surface area (Å²) in [5, 5.41) is 9.24. The van der Waals surface area contributed by atoms with Crippen LogP contribution in [0.5, 0.6) is 11.5 Å². The van der Waals surface area contributed by atoms with Gasteiger partial charge in [0, 0.05) is 18.7 Å². The largest absolute Gasteiger partial charge is 0.493 e. The number of hydrogen-bond acceptors (Lipinski definition) is 4. The fourth-order valence-corrected chi connectivity index (χ4v) is 2.30. The van der Waals surface area contributed by atoms with Crippen molar-refractivity contribution in [3.8, 4) is 17.6 Å². The van der Waals surface area contributed by atoms with Gasteiger partial charge in [0.1, 0.15) is 0 Å². The third-order valence-corrected chi connectivity index (χ3v) is 3.43. The van der Waals surface area contributed by atoms with E-state index in [4.69, 9.17) is 26.3 Å². The van der Waals surface area contributed by atoms with Crippen molar-refractivity contribution in [3.05, 3.63) is 22.7 Å². The highest BCUT2D eigenvalue weighted by molar-refractivity contribution is 6.32. The Balaban J connectivity index is 3.12. The molecule has 0 aliphatic carbocycles. The summed E-state index contributed by atoms with van der Waals surface area (Å²) in [7, 11) is 1.50. The summed E-state index contributed by atoms with van der Waals surface area (Å²) in [4.78, 5) is 14.2. The Morgan fingerprint density at radius 2 is 2.14 bits per heavy atom. The van der Waals surface area contributed by atoms with E-state index in [1.54, 1.807) is 24.0 Å². The van der Waals surface area contributed by atoms with Crippen molar-refractivity contribution in [3.63, 3.8) is 0 Å². The van der Waals surface area contributed by atoms with E-state index in [1.807, 2.05) is 13.8 Å². The lowest BCUT2D eigenvalue weighted by Crippen LogP contribution is -2.34. The average Bonchev–Trinajstić information content (AvgIpc) is 2.53. The standard InChI is InChI=1S/C16H21ClN2O3/c1-5-19(10-11(3)9-18)16(20)12-7-13(17)15(22-6-2)14(8-12)21-4/h7-8,11H,5-6,10H2,1-4H3/t11-/m0/s1. The molecule has 5 nitrogen and oxygen atoms in total. The second-order valence-corrected chi connectivity index (χ2v) is 5.20. The van der Waals surface area contributed by atoms with Gasteiger partial charge in [-0.25, -0.2) is 0 Å². The van der Waals surface area contributed by atoms with Gasteiger partial charge in [-0.3, -0.25) is 4.79 Å².